The average Bonchev–Trinajstić information content (AvgIpc) is 2.32. The van der Waals surface area contributed by atoms with E-state index in [9.17, 15) is 10.2 Å². The minimum absolute atomic E-state index is 0.285. The molecule has 0 aliphatic carbocycles. The molecule has 2 aromatic carbocycles. The van der Waals surface area contributed by atoms with Crippen LogP contribution in [-0.2, 0) is 6.42 Å². The van der Waals surface area contributed by atoms with E-state index in [-0.39, 0.29) is 5.75 Å². The lowest BCUT2D eigenvalue weighted by Gasteiger charge is -2.13. The lowest BCUT2D eigenvalue weighted by atomic mass is 9.94. The summed E-state index contributed by atoms with van der Waals surface area (Å²) in [6.45, 7) is 3.89. The van der Waals surface area contributed by atoms with Crippen molar-refractivity contribution in [3.63, 3.8) is 0 Å². The van der Waals surface area contributed by atoms with Crippen LogP contribution in [-0.4, -0.2) is 10.2 Å². The quantitative estimate of drug-likeness (QED) is 0.823. The Kier molecular flexibility index (Phi) is 3.05. The predicted octanol–water partition coefficient (Wildman–Crippen LogP) is 3.64. The highest BCUT2D eigenvalue weighted by atomic mass is 16.3. The first-order valence-electron chi connectivity index (χ1n) is 5.75. The highest BCUT2D eigenvalue weighted by Crippen LogP contribution is 2.34. The maximum Gasteiger partial charge on any atom is 0.119 e. The van der Waals surface area contributed by atoms with Gasteiger partial charge in [0, 0.05) is 5.56 Å². The standard InChI is InChI=1S/C15H16O2/c1-3-11-13(7-5-9-15(11)17)12-6-4-8-14(16)10(12)2/h4-9,16-17H,3H2,1-2H3. The van der Waals surface area contributed by atoms with Crippen LogP contribution in [0, 0.1) is 6.92 Å². The Labute approximate surface area is 101 Å². The van der Waals surface area contributed by atoms with Gasteiger partial charge in [0.05, 0.1) is 0 Å². The van der Waals surface area contributed by atoms with Crippen molar-refractivity contribution in [3.8, 4) is 22.6 Å². The number of hydrogen-bond donors (Lipinski definition) is 2. The molecule has 0 heterocycles. The summed E-state index contributed by atoms with van der Waals surface area (Å²) >= 11 is 0. The van der Waals surface area contributed by atoms with Crippen molar-refractivity contribution in [2.24, 2.45) is 0 Å². The topological polar surface area (TPSA) is 40.5 Å². The van der Waals surface area contributed by atoms with E-state index >= 15 is 0 Å². The van der Waals surface area contributed by atoms with Crippen LogP contribution >= 0.6 is 0 Å². The summed E-state index contributed by atoms with van der Waals surface area (Å²) in [5.74, 6) is 0.598. The molecule has 0 saturated carbocycles. The van der Waals surface area contributed by atoms with Gasteiger partial charge in [-0.15, -0.1) is 0 Å². The van der Waals surface area contributed by atoms with Gasteiger partial charge < -0.3 is 10.2 Å². The molecule has 2 N–H and O–H groups in total. The summed E-state index contributed by atoms with van der Waals surface area (Å²) in [5.41, 5.74) is 3.72. The number of rotatable bonds is 2. The summed E-state index contributed by atoms with van der Waals surface area (Å²) in [7, 11) is 0. The molecular formula is C15H16O2. The number of hydrogen-bond acceptors (Lipinski definition) is 2. The van der Waals surface area contributed by atoms with Crippen LogP contribution in [0.3, 0.4) is 0 Å². The molecule has 0 aliphatic rings. The summed E-state index contributed by atoms with van der Waals surface area (Å²) < 4.78 is 0. The Morgan fingerprint density at radius 1 is 0.882 bits per heavy atom. The Hall–Kier alpha value is -1.96. The first-order valence-corrected chi connectivity index (χ1v) is 5.75. The Morgan fingerprint density at radius 2 is 1.47 bits per heavy atom. The van der Waals surface area contributed by atoms with Gasteiger partial charge in [-0.3, -0.25) is 0 Å². The Morgan fingerprint density at radius 3 is 2.12 bits per heavy atom. The SMILES string of the molecule is CCc1c(O)cccc1-c1cccc(O)c1C. The summed E-state index contributed by atoms with van der Waals surface area (Å²) in [6, 6.07) is 10.9. The fourth-order valence-corrected chi connectivity index (χ4v) is 2.11. The van der Waals surface area contributed by atoms with Gasteiger partial charge in [-0.1, -0.05) is 31.2 Å². The van der Waals surface area contributed by atoms with Crippen molar-refractivity contribution < 1.29 is 10.2 Å². The molecule has 88 valence electrons. The molecule has 0 atom stereocenters. The molecule has 0 spiro atoms. The van der Waals surface area contributed by atoms with E-state index in [2.05, 4.69) is 0 Å². The number of phenols is 2. The van der Waals surface area contributed by atoms with E-state index in [1.165, 1.54) is 0 Å². The molecule has 0 aromatic heterocycles. The van der Waals surface area contributed by atoms with Gasteiger partial charge in [-0.25, -0.2) is 0 Å². The Balaban J connectivity index is 2.68. The molecule has 0 bridgehead atoms. The molecule has 2 heteroatoms. The molecule has 0 amide bonds. The first kappa shape index (κ1) is 11.5. The highest BCUT2D eigenvalue weighted by molar-refractivity contribution is 5.74. The van der Waals surface area contributed by atoms with Gasteiger partial charge in [-0.05, 0) is 42.2 Å². The third-order valence-electron chi connectivity index (χ3n) is 3.10. The molecule has 0 radical (unpaired) electrons. The van der Waals surface area contributed by atoms with E-state index in [1.54, 1.807) is 12.1 Å². The van der Waals surface area contributed by atoms with E-state index < -0.39 is 0 Å². The lowest BCUT2D eigenvalue weighted by molar-refractivity contribution is 0.468. The smallest absolute Gasteiger partial charge is 0.119 e. The van der Waals surface area contributed by atoms with Crippen molar-refractivity contribution in [2.75, 3.05) is 0 Å². The minimum Gasteiger partial charge on any atom is -0.508 e. The zero-order chi connectivity index (χ0) is 12.4. The van der Waals surface area contributed by atoms with Crippen LogP contribution < -0.4 is 0 Å². The van der Waals surface area contributed by atoms with Crippen molar-refractivity contribution in [3.05, 3.63) is 47.5 Å². The second kappa shape index (κ2) is 4.50. The van der Waals surface area contributed by atoms with Crippen molar-refractivity contribution in [2.45, 2.75) is 20.3 Å². The van der Waals surface area contributed by atoms with Gasteiger partial charge in [0.15, 0.2) is 0 Å². The van der Waals surface area contributed by atoms with Gasteiger partial charge in [-0.2, -0.15) is 0 Å². The van der Waals surface area contributed by atoms with E-state index in [1.807, 2.05) is 38.1 Å². The minimum atomic E-state index is 0.285. The average molecular weight is 228 g/mol. The molecule has 2 rings (SSSR count). The molecule has 17 heavy (non-hydrogen) atoms. The summed E-state index contributed by atoms with van der Waals surface area (Å²) in [6.07, 6.45) is 0.761. The molecule has 0 fully saturated rings. The third kappa shape index (κ3) is 1.98. The van der Waals surface area contributed by atoms with Crippen LogP contribution in [0.5, 0.6) is 11.5 Å². The van der Waals surface area contributed by atoms with Gasteiger partial charge in [0.25, 0.3) is 0 Å². The second-order valence-corrected chi connectivity index (χ2v) is 4.11. The molecule has 0 unspecified atom stereocenters. The number of benzene rings is 2. The third-order valence-corrected chi connectivity index (χ3v) is 3.10. The van der Waals surface area contributed by atoms with Crippen LogP contribution in [0.2, 0.25) is 0 Å². The largest absolute Gasteiger partial charge is 0.508 e. The number of phenolic OH excluding ortho intramolecular Hbond substituents is 2. The van der Waals surface area contributed by atoms with Crippen LogP contribution in [0.15, 0.2) is 36.4 Å². The predicted molar refractivity (Wildman–Crippen MR) is 69.3 cm³/mol. The summed E-state index contributed by atoms with van der Waals surface area (Å²) in [5, 5.41) is 19.6. The van der Waals surface area contributed by atoms with Crippen molar-refractivity contribution in [1.29, 1.82) is 0 Å². The van der Waals surface area contributed by atoms with Gasteiger partial charge >= 0.3 is 0 Å². The van der Waals surface area contributed by atoms with E-state index in [0.717, 1.165) is 28.7 Å². The molecule has 0 aliphatic heterocycles. The Bertz CT molecular complexity index is 545. The monoisotopic (exact) mass is 228 g/mol. The zero-order valence-electron chi connectivity index (χ0n) is 10.1. The fourth-order valence-electron chi connectivity index (χ4n) is 2.11. The molecular weight excluding hydrogens is 212 g/mol. The van der Waals surface area contributed by atoms with Crippen molar-refractivity contribution >= 4 is 0 Å². The van der Waals surface area contributed by atoms with E-state index in [0.29, 0.717) is 5.75 Å². The lowest BCUT2D eigenvalue weighted by Crippen LogP contribution is -1.91. The summed E-state index contributed by atoms with van der Waals surface area (Å²) in [4.78, 5) is 0. The molecule has 2 aromatic rings. The number of aromatic hydroxyl groups is 2. The van der Waals surface area contributed by atoms with Crippen LogP contribution in [0.25, 0.3) is 11.1 Å². The molecule has 2 nitrogen and oxygen atoms in total. The van der Waals surface area contributed by atoms with Gasteiger partial charge in [0.2, 0.25) is 0 Å². The van der Waals surface area contributed by atoms with E-state index in [4.69, 9.17) is 0 Å². The van der Waals surface area contributed by atoms with Crippen molar-refractivity contribution in [1.82, 2.24) is 0 Å². The second-order valence-electron chi connectivity index (χ2n) is 4.11. The fraction of sp³-hybridized carbons (Fsp3) is 0.200. The van der Waals surface area contributed by atoms with Gasteiger partial charge in [0.1, 0.15) is 11.5 Å². The highest BCUT2D eigenvalue weighted by Gasteiger charge is 2.11. The first-order chi connectivity index (χ1) is 8.15. The molecule has 0 saturated heterocycles. The maximum atomic E-state index is 9.85. The normalized spacial score (nSPS) is 10.5. The van der Waals surface area contributed by atoms with Crippen LogP contribution in [0.4, 0.5) is 0 Å². The zero-order valence-corrected chi connectivity index (χ0v) is 10.1. The maximum absolute atomic E-state index is 9.85. The van der Waals surface area contributed by atoms with Crippen LogP contribution in [0.1, 0.15) is 18.1 Å².